The van der Waals surface area contributed by atoms with Gasteiger partial charge in [-0.2, -0.15) is 13.2 Å². The van der Waals surface area contributed by atoms with Crippen LogP contribution in [0.1, 0.15) is 17.5 Å². The number of aliphatic carboxylic acids is 1. The second-order valence-electron chi connectivity index (χ2n) is 3.68. The predicted molar refractivity (Wildman–Crippen MR) is 55.4 cm³/mol. The van der Waals surface area contributed by atoms with Crippen molar-refractivity contribution in [1.82, 2.24) is 0 Å². The Hall–Kier alpha value is -1.56. The van der Waals surface area contributed by atoms with Gasteiger partial charge in [-0.25, -0.2) is 0 Å². The highest BCUT2D eigenvalue weighted by molar-refractivity contribution is 5.73. The van der Waals surface area contributed by atoms with Crippen LogP contribution >= 0.6 is 0 Å². The molecule has 0 saturated carbocycles. The summed E-state index contributed by atoms with van der Waals surface area (Å²) in [5.74, 6) is -1.16. The smallest absolute Gasteiger partial charge is 0.416 e. The summed E-state index contributed by atoms with van der Waals surface area (Å²) in [5.41, 5.74) is 4.96. The lowest BCUT2D eigenvalue weighted by molar-refractivity contribution is -0.139. The summed E-state index contributed by atoms with van der Waals surface area (Å²) in [6.07, 6.45) is -4.07. The first kappa shape index (κ1) is 13.5. The fourth-order valence-corrected chi connectivity index (χ4v) is 1.35. The monoisotopic (exact) mass is 247 g/mol. The Balaban J connectivity index is 2.70. The Morgan fingerprint density at radius 3 is 2.59 bits per heavy atom. The van der Waals surface area contributed by atoms with E-state index in [1.807, 2.05) is 0 Å². The largest absolute Gasteiger partial charge is 0.480 e. The number of carboxylic acid groups (broad SMARTS) is 1. The second kappa shape index (κ2) is 5.18. The third-order valence-corrected chi connectivity index (χ3v) is 2.32. The molecule has 0 heterocycles. The maximum atomic E-state index is 12.4. The van der Waals surface area contributed by atoms with Gasteiger partial charge in [0.05, 0.1) is 5.56 Å². The van der Waals surface area contributed by atoms with Gasteiger partial charge < -0.3 is 10.8 Å². The minimum Gasteiger partial charge on any atom is -0.480 e. The van der Waals surface area contributed by atoms with E-state index in [9.17, 15) is 18.0 Å². The van der Waals surface area contributed by atoms with Crippen molar-refractivity contribution in [3.63, 3.8) is 0 Å². The standard InChI is InChI=1S/C11H12F3NO2/c12-11(13,14)8-3-1-2-7(6-8)4-5-9(15)10(16)17/h1-3,6,9H,4-5,15H2,(H,16,17)/t9-/m0/s1. The molecule has 0 aliphatic carbocycles. The summed E-state index contributed by atoms with van der Waals surface area (Å²) in [4.78, 5) is 10.4. The normalized spacial score (nSPS) is 13.4. The summed E-state index contributed by atoms with van der Waals surface area (Å²) in [5, 5.41) is 8.54. The molecular formula is C11H12F3NO2. The van der Waals surface area contributed by atoms with E-state index in [0.29, 0.717) is 5.56 Å². The maximum Gasteiger partial charge on any atom is 0.416 e. The highest BCUT2D eigenvalue weighted by atomic mass is 19.4. The van der Waals surface area contributed by atoms with Gasteiger partial charge in [0.25, 0.3) is 0 Å². The van der Waals surface area contributed by atoms with Crippen LogP contribution in [-0.4, -0.2) is 17.1 Å². The number of benzene rings is 1. The van der Waals surface area contributed by atoms with Crippen LogP contribution in [0.2, 0.25) is 0 Å². The molecular weight excluding hydrogens is 235 g/mol. The lowest BCUT2D eigenvalue weighted by Gasteiger charge is -2.09. The SMILES string of the molecule is N[C@@H](CCc1cccc(C(F)(F)F)c1)C(=O)O. The van der Waals surface area contributed by atoms with Gasteiger partial charge in [-0.3, -0.25) is 4.79 Å². The van der Waals surface area contributed by atoms with E-state index in [2.05, 4.69) is 0 Å². The van der Waals surface area contributed by atoms with E-state index in [-0.39, 0.29) is 12.8 Å². The van der Waals surface area contributed by atoms with Gasteiger partial charge in [0.2, 0.25) is 0 Å². The average molecular weight is 247 g/mol. The van der Waals surface area contributed by atoms with Crippen molar-refractivity contribution >= 4 is 5.97 Å². The predicted octanol–water partition coefficient (Wildman–Crippen LogP) is 2.05. The Morgan fingerprint density at radius 1 is 1.41 bits per heavy atom. The molecule has 0 bridgehead atoms. The quantitative estimate of drug-likeness (QED) is 0.855. The second-order valence-corrected chi connectivity index (χ2v) is 3.68. The zero-order valence-corrected chi connectivity index (χ0v) is 8.87. The summed E-state index contributed by atoms with van der Waals surface area (Å²) >= 11 is 0. The molecule has 1 rings (SSSR count). The van der Waals surface area contributed by atoms with Gasteiger partial charge in [0.15, 0.2) is 0 Å². The Kier molecular flexibility index (Phi) is 4.11. The number of carboxylic acids is 1. The van der Waals surface area contributed by atoms with E-state index >= 15 is 0 Å². The van der Waals surface area contributed by atoms with Gasteiger partial charge in [-0.15, -0.1) is 0 Å². The fraction of sp³-hybridized carbons (Fsp3) is 0.364. The average Bonchev–Trinajstić information content (AvgIpc) is 2.25. The van der Waals surface area contributed by atoms with Crippen LogP contribution in [0.3, 0.4) is 0 Å². The Labute approximate surface area is 96.0 Å². The van der Waals surface area contributed by atoms with Gasteiger partial charge >= 0.3 is 12.1 Å². The molecule has 6 heteroatoms. The molecule has 0 aromatic heterocycles. The molecule has 17 heavy (non-hydrogen) atoms. The van der Waals surface area contributed by atoms with Crippen molar-refractivity contribution < 1.29 is 23.1 Å². The molecule has 0 unspecified atom stereocenters. The lowest BCUT2D eigenvalue weighted by Crippen LogP contribution is -2.30. The number of alkyl halides is 3. The minimum atomic E-state index is -4.38. The summed E-state index contributed by atoms with van der Waals surface area (Å²) in [6, 6.07) is 3.74. The zero-order valence-electron chi connectivity index (χ0n) is 8.87. The van der Waals surface area contributed by atoms with Crippen LogP contribution < -0.4 is 5.73 Å². The van der Waals surface area contributed by atoms with Crippen LogP contribution in [0.15, 0.2) is 24.3 Å². The van der Waals surface area contributed by atoms with Gasteiger partial charge in [0, 0.05) is 0 Å². The molecule has 1 aromatic carbocycles. The van der Waals surface area contributed by atoms with Crippen LogP contribution in [0.25, 0.3) is 0 Å². The Bertz CT molecular complexity index is 404. The first-order valence-corrected chi connectivity index (χ1v) is 4.95. The number of aryl methyl sites for hydroxylation is 1. The first-order valence-electron chi connectivity index (χ1n) is 4.95. The van der Waals surface area contributed by atoms with Crippen molar-refractivity contribution in [1.29, 1.82) is 0 Å². The van der Waals surface area contributed by atoms with Gasteiger partial charge in [0.1, 0.15) is 6.04 Å². The van der Waals surface area contributed by atoms with Crippen molar-refractivity contribution in [2.75, 3.05) is 0 Å². The highest BCUT2D eigenvalue weighted by Crippen LogP contribution is 2.29. The summed E-state index contributed by atoms with van der Waals surface area (Å²) in [7, 11) is 0. The Morgan fingerprint density at radius 2 is 2.06 bits per heavy atom. The van der Waals surface area contributed by atoms with E-state index in [4.69, 9.17) is 10.8 Å². The third kappa shape index (κ3) is 4.07. The third-order valence-electron chi connectivity index (χ3n) is 2.32. The van der Waals surface area contributed by atoms with Crippen LogP contribution in [0, 0.1) is 0 Å². The van der Waals surface area contributed by atoms with E-state index in [1.165, 1.54) is 12.1 Å². The molecule has 0 spiro atoms. The van der Waals surface area contributed by atoms with Crippen LogP contribution in [-0.2, 0) is 17.4 Å². The molecule has 0 saturated heterocycles. The molecule has 3 N–H and O–H groups in total. The number of hydrogen-bond donors (Lipinski definition) is 2. The van der Waals surface area contributed by atoms with Gasteiger partial charge in [-0.1, -0.05) is 18.2 Å². The highest BCUT2D eigenvalue weighted by Gasteiger charge is 2.30. The lowest BCUT2D eigenvalue weighted by atomic mass is 10.0. The van der Waals surface area contributed by atoms with Gasteiger partial charge in [-0.05, 0) is 24.5 Å². The molecule has 0 fully saturated rings. The molecule has 94 valence electrons. The molecule has 1 aromatic rings. The van der Waals surface area contributed by atoms with Crippen LogP contribution in [0.4, 0.5) is 13.2 Å². The minimum absolute atomic E-state index is 0.108. The molecule has 0 radical (unpaired) electrons. The molecule has 3 nitrogen and oxygen atoms in total. The van der Waals surface area contributed by atoms with Crippen molar-refractivity contribution in [3.05, 3.63) is 35.4 Å². The summed E-state index contributed by atoms with van der Waals surface area (Å²) < 4.78 is 37.1. The van der Waals surface area contributed by atoms with Crippen LogP contribution in [0.5, 0.6) is 0 Å². The zero-order chi connectivity index (χ0) is 13.1. The van der Waals surface area contributed by atoms with E-state index < -0.39 is 23.8 Å². The molecule has 0 aliphatic rings. The number of halogens is 3. The number of hydrogen-bond acceptors (Lipinski definition) is 2. The first-order chi connectivity index (χ1) is 7.80. The van der Waals surface area contributed by atoms with Crippen molar-refractivity contribution in [2.24, 2.45) is 5.73 Å². The molecule has 1 atom stereocenters. The number of nitrogens with two attached hydrogens (primary N) is 1. The topological polar surface area (TPSA) is 63.3 Å². The number of carbonyl (C=O) groups is 1. The summed E-state index contributed by atoms with van der Waals surface area (Å²) in [6.45, 7) is 0. The molecule has 0 aliphatic heterocycles. The maximum absolute atomic E-state index is 12.4. The number of rotatable bonds is 4. The van der Waals surface area contributed by atoms with E-state index in [0.717, 1.165) is 12.1 Å². The molecule has 0 amide bonds. The van der Waals surface area contributed by atoms with Crippen molar-refractivity contribution in [2.45, 2.75) is 25.1 Å². The van der Waals surface area contributed by atoms with Crippen molar-refractivity contribution in [3.8, 4) is 0 Å². The fourth-order valence-electron chi connectivity index (χ4n) is 1.35. The van der Waals surface area contributed by atoms with E-state index in [1.54, 1.807) is 0 Å².